The molecule has 1 unspecified atom stereocenters. The Morgan fingerprint density at radius 1 is 1.35 bits per heavy atom. The highest BCUT2D eigenvalue weighted by molar-refractivity contribution is 7.88. The van der Waals surface area contributed by atoms with Crippen LogP contribution in [0, 0.1) is 0 Å². The molecule has 0 spiro atoms. The molecule has 0 heterocycles. The molecule has 0 aliphatic carbocycles. The molecule has 5 nitrogen and oxygen atoms in total. The molecule has 0 aliphatic heterocycles. The predicted octanol–water partition coefficient (Wildman–Crippen LogP) is 0.840. The summed E-state index contributed by atoms with van der Waals surface area (Å²) in [5.41, 5.74) is 0.552. The van der Waals surface area contributed by atoms with E-state index in [9.17, 15) is 13.2 Å². The van der Waals surface area contributed by atoms with Crippen LogP contribution in [0.2, 0.25) is 0 Å². The van der Waals surface area contributed by atoms with Crippen LogP contribution in [0.3, 0.4) is 0 Å². The van der Waals surface area contributed by atoms with Crippen LogP contribution in [0.1, 0.15) is 18.5 Å². The van der Waals surface area contributed by atoms with Crippen molar-refractivity contribution in [2.45, 2.75) is 13.0 Å². The summed E-state index contributed by atoms with van der Waals surface area (Å²) < 4.78 is 29.5. The number of carbonyl (C=O) groups excluding carboxylic acids is 1. The van der Waals surface area contributed by atoms with Gasteiger partial charge in [-0.25, -0.2) is 13.2 Å². The fourth-order valence-electron chi connectivity index (χ4n) is 1.34. The van der Waals surface area contributed by atoms with Crippen molar-refractivity contribution in [2.75, 3.05) is 12.9 Å². The van der Waals surface area contributed by atoms with E-state index in [4.69, 9.17) is 4.74 Å². The Kier molecular flexibility index (Phi) is 4.65. The molecule has 0 fully saturated rings. The maximum atomic E-state index is 11.7. The molecule has 1 N–H and O–H groups in total. The smallest absolute Gasteiger partial charge is 0.328 e. The molecule has 0 amide bonds. The summed E-state index contributed by atoms with van der Waals surface area (Å²) in [4.78, 5) is 11.7. The van der Waals surface area contributed by atoms with Crippen LogP contribution in [-0.2, 0) is 19.6 Å². The first-order valence-corrected chi connectivity index (χ1v) is 7.02. The number of hydrogen-bond acceptors (Lipinski definition) is 4. The second kappa shape index (κ2) is 5.79. The lowest BCUT2D eigenvalue weighted by Gasteiger charge is -2.16. The van der Waals surface area contributed by atoms with Gasteiger partial charge in [0.05, 0.1) is 12.9 Å². The van der Waals surface area contributed by atoms with Gasteiger partial charge in [0.15, 0.2) is 0 Å². The number of hydrogen-bond donors (Lipinski definition) is 1. The van der Waals surface area contributed by atoms with E-state index in [1.165, 1.54) is 0 Å². The number of carbonyl (C=O) groups is 1. The van der Waals surface area contributed by atoms with Crippen molar-refractivity contribution >= 4 is 16.0 Å². The molecule has 94 valence electrons. The van der Waals surface area contributed by atoms with Gasteiger partial charge in [0.1, 0.15) is 6.04 Å². The van der Waals surface area contributed by atoms with Gasteiger partial charge in [-0.1, -0.05) is 30.3 Å². The summed E-state index contributed by atoms with van der Waals surface area (Å²) in [6.07, 6.45) is 1.00. The maximum Gasteiger partial charge on any atom is 0.328 e. The Morgan fingerprint density at radius 3 is 2.41 bits per heavy atom. The molecule has 0 aliphatic rings. The summed E-state index contributed by atoms with van der Waals surface area (Å²) >= 11 is 0. The average molecular weight is 257 g/mol. The standard InChI is InChI=1S/C11H15NO4S/c1-3-16-11(13)10(12-17(2,14)15)9-7-5-4-6-8-9/h4-8,10,12H,3H2,1-2H3. The van der Waals surface area contributed by atoms with Gasteiger partial charge in [-0.05, 0) is 12.5 Å². The molecule has 1 aromatic rings. The maximum absolute atomic E-state index is 11.7. The molecule has 1 atom stereocenters. The van der Waals surface area contributed by atoms with Crippen LogP contribution in [0.25, 0.3) is 0 Å². The van der Waals surface area contributed by atoms with Gasteiger partial charge in [0, 0.05) is 0 Å². The van der Waals surface area contributed by atoms with Gasteiger partial charge < -0.3 is 4.74 Å². The SMILES string of the molecule is CCOC(=O)C(NS(C)(=O)=O)c1ccccc1. The van der Waals surface area contributed by atoms with Gasteiger partial charge in [0.25, 0.3) is 0 Å². The van der Waals surface area contributed by atoms with E-state index in [-0.39, 0.29) is 6.61 Å². The van der Waals surface area contributed by atoms with E-state index in [1.54, 1.807) is 37.3 Å². The zero-order valence-corrected chi connectivity index (χ0v) is 10.5. The zero-order valence-electron chi connectivity index (χ0n) is 9.71. The minimum atomic E-state index is -3.49. The quantitative estimate of drug-likeness (QED) is 0.793. The first-order valence-electron chi connectivity index (χ1n) is 5.13. The van der Waals surface area contributed by atoms with Crippen molar-refractivity contribution in [2.24, 2.45) is 0 Å². The Labute approximate surface area is 101 Å². The van der Waals surface area contributed by atoms with E-state index in [2.05, 4.69) is 4.72 Å². The highest BCUT2D eigenvalue weighted by Gasteiger charge is 2.24. The van der Waals surface area contributed by atoms with Gasteiger partial charge in [-0.2, -0.15) is 4.72 Å². The van der Waals surface area contributed by atoms with Crippen LogP contribution in [-0.4, -0.2) is 27.2 Å². The lowest BCUT2D eigenvalue weighted by atomic mass is 10.1. The third-order valence-electron chi connectivity index (χ3n) is 1.99. The van der Waals surface area contributed by atoms with Crippen molar-refractivity contribution in [3.63, 3.8) is 0 Å². The summed E-state index contributed by atoms with van der Waals surface area (Å²) in [7, 11) is -3.49. The number of esters is 1. The molecule has 0 saturated carbocycles. The number of benzene rings is 1. The molecule has 17 heavy (non-hydrogen) atoms. The number of rotatable bonds is 5. The third-order valence-corrected chi connectivity index (χ3v) is 2.65. The first kappa shape index (κ1) is 13.7. The number of ether oxygens (including phenoxy) is 1. The number of sulfonamides is 1. The van der Waals surface area contributed by atoms with Crippen molar-refractivity contribution in [3.8, 4) is 0 Å². The van der Waals surface area contributed by atoms with Crippen molar-refractivity contribution in [3.05, 3.63) is 35.9 Å². The Bertz CT molecular complexity index is 470. The second-order valence-corrected chi connectivity index (χ2v) is 5.27. The van der Waals surface area contributed by atoms with Gasteiger partial charge in [-0.15, -0.1) is 0 Å². The fourth-order valence-corrected chi connectivity index (χ4v) is 2.00. The Hall–Kier alpha value is -1.40. The largest absolute Gasteiger partial charge is 0.465 e. The van der Waals surface area contributed by atoms with E-state index in [1.807, 2.05) is 0 Å². The molecule has 1 aromatic carbocycles. The normalized spacial score (nSPS) is 13.1. The van der Waals surface area contributed by atoms with E-state index >= 15 is 0 Å². The molecule has 0 aromatic heterocycles. The molecular formula is C11H15NO4S. The Balaban J connectivity index is 2.99. The minimum absolute atomic E-state index is 0.202. The average Bonchev–Trinajstić information content (AvgIpc) is 2.26. The van der Waals surface area contributed by atoms with Gasteiger partial charge in [0.2, 0.25) is 10.0 Å². The van der Waals surface area contributed by atoms with Crippen molar-refractivity contribution in [1.29, 1.82) is 0 Å². The molecule has 6 heteroatoms. The molecule has 0 saturated heterocycles. The molecule has 0 radical (unpaired) electrons. The minimum Gasteiger partial charge on any atom is -0.465 e. The third kappa shape index (κ3) is 4.54. The predicted molar refractivity (Wildman–Crippen MR) is 63.8 cm³/mol. The molecular weight excluding hydrogens is 242 g/mol. The van der Waals surface area contributed by atoms with Crippen LogP contribution in [0.15, 0.2) is 30.3 Å². The van der Waals surface area contributed by atoms with Crippen LogP contribution < -0.4 is 4.72 Å². The lowest BCUT2D eigenvalue weighted by Crippen LogP contribution is -2.34. The summed E-state index contributed by atoms with van der Waals surface area (Å²) in [5, 5.41) is 0. The fraction of sp³-hybridized carbons (Fsp3) is 0.364. The summed E-state index contributed by atoms with van der Waals surface area (Å²) in [5.74, 6) is -0.607. The number of nitrogens with one attached hydrogen (secondary N) is 1. The zero-order chi connectivity index (χ0) is 12.9. The van der Waals surface area contributed by atoms with E-state index in [0.29, 0.717) is 5.56 Å². The van der Waals surface area contributed by atoms with E-state index in [0.717, 1.165) is 6.26 Å². The summed E-state index contributed by atoms with van der Waals surface area (Å²) in [6.45, 7) is 1.87. The second-order valence-electron chi connectivity index (χ2n) is 3.49. The van der Waals surface area contributed by atoms with Crippen LogP contribution in [0.5, 0.6) is 0 Å². The van der Waals surface area contributed by atoms with E-state index < -0.39 is 22.0 Å². The lowest BCUT2D eigenvalue weighted by molar-refractivity contribution is -0.145. The van der Waals surface area contributed by atoms with Crippen LogP contribution in [0.4, 0.5) is 0 Å². The van der Waals surface area contributed by atoms with Gasteiger partial charge >= 0.3 is 5.97 Å². The first-order chi connectivity index (χ1) is 7.94. The highest BCUT2D eigenvalue weighted by Crippen LogP contribution is 2.15. The topological polar surface area (TPSA) is 72.5 Å². The monoisotopic (exact) mass is 257 g/mol. The van der Waals surface area contributed by atoms with Crippen LogP contribution >= 0.6 is 0 Å². The Morgan fingerprint density at radius 2 is 1.94 bits per heavy atom. The molecule has 0 bridgehead atoms. The highest BCUT2D eigenvalue weighted by atomic mass is 32.2. The molecule has 1 rings (SSSR count). The summed E-state index contributed by atoms with van der Waals surface area (Å²) in [6, 6.07) is 7.58. The van der Waals surface area contributed by atoms with Gasteiger partial charge in [-0.3, -0.25) is 0 Å². The van der Waals surface area contributed by atoms with Crippen molar-refractivity contribution in [1.82, 2.24) is 4.72 Å². The van der Waals surface area contributed by atoms with Crippen molar-refractivity contribution < 1.29 is 17.9 Å².